The third-order valence-electron chi connectivity index (χ3n) is 8.75. The predicted molar refractivity (Wildman–Crippen MR) is 141 cm³/mol. The Morgan fingerprint density at radius 1 is 1.13 bits per heavy atom. The molecule has 0 saturated carbocycles. The van der Waals surface area contributed by atoms with E-state index in [-0.39, 0.29) is 25.1 Å². The first-order valence-electron chi connectivity index (χ1n) is 13.4. The maximum Gasteiger partial charge on any atom is 0.247 e. The number of carbonyl (C=O) groups excluding carboxylic acids is 3. The molecule has 2 unspecified atom stereocenters. The Morgan fingerprint density at radius 3 is 2.62 bits per heavy atom. The Morgan fingerprint density at radius 2 is 1.87 bits per heavy atom. The number of rotatable bonds is 8. The van der Waals surface area contributed by atoms with Crippen LogP contribution in [0.2, 0.25) is 0 Å². The summed E-state index contributed by atoms with van der Waals surface area (Å²) in [6, 6.07) is 14.9. The van der Waals surface area contributed by atoms with E-state index in [0.29, 0.717) is 30.5 Å². The number of benzene rings is 2. The second kappa shape index (κ2) is 9.42. The summed E-state index contributed by atoms with van der Waals surface area (Å²) >= 11 is 0. The number of nitrogens with one attached hydrogen (secondary N) is 2. The number of para-hydroxylation sites is 2. The van der Waals surface area contributed by atoms with Gasteiger partial charge in [-0.05, 0) is 50.5 Å². The minimum Gasteiger partial charge on any atom is -0.394 e. The van der Waals surface area contributed by atoms with Crippen molar-refractivity contribution in [3.05, 3.63) is 54.6 Å². The van der Waals surface area contributed by atoms with E-state index in [9.17, 15) is 19.5 Å². The Kier molecular flexibility index (Phi) is 6.15. The SMILES string of the molecule is CC[C@@]12CCC3(O1)C(C(=O)NCn1nnc4ccccc41)N([C@H](C)CO)C(=O)[C@@H]3[C@@H]2C(=O)Nc1ccccc1. The smallest absolute Gasteiger partial charge is 0.247 e. The molecular weight excluding hydrogens is 500 g/mol. The molecule has 2 aromatic carbocycles. The van der Waals surface area contributed by atoms with Crippen LogP contribution in [0.25, 0.3) is 11.0 Å². The van der Waals surface area contributed by atoms with Gasteiger partial charge in [0.25, 0.3) is 0 Å². The monoisotopic (exact) mass is 532 g/mol. The number of carbonyl (C=O) groups is 3. The van der Waals surface area contributed by atoms with Gasteiger partial charge >= 0.3 is 0 Å². The van der Waals surface area contributed by atoms with Gasteiger partial charge < -0.3 is 25.4 Å². The zero-order chi connectivity index (χ0) is 27.4. The van der Waals surface area contributed by atoms with Crippen molar-refractivity contribution in [2.24, 2.45) is 11.8 Å². The zero-order valence-corrected chi connectivity index (χ0v) is 21.9. The molecule has 3 amide bonds. The number of aromatic nitrogens is 3. The number of aliphatic hydroxyl groups excluding tert-OH is 1. The van der Waals surface area contributed by atoms with Crippen LogP contribution in [0.3, 0.4) is 0 Å². The summed E-state index contributed by atoms with van der Waals surface area (Å²) in [7, 11) is 0. The number of anilines is 1. The van der Waals surface area contributed by atoms with Gasteiger partial charge in [-0.3, -0.25) is 14.4 Å². The fraction of sp³-hybridized carbons (Fsp3) is 0.464. The zero-order valence-electron chi connectivity index (χ0n) is 21.9. The highest BCUT2D eigenvalue weighted by Gasteiger charge is 2.78. The van der Waals surface area contributed by atoms with Gasteiger partial charge in [-0.25, -0.2) is 4.68 Å². The number of ether oxygens (including phenoxy) is 1. The predicted octanol–water partition coefficient (Wildman–Crippen LogP) is 1.68. The molecule has 1 spiro atoms. The van der Waals surface area contributed by atoms with Crippen LogP contribution in [0.4, 0.5) is 5.69 Å². The minimum absolute atomic E-state index is 0.0446. The highest BCUT2D eigenvalue weighted by molar-refractivity contribution is 6.02. The number of amides is 3. The number of fused-ring (bicyclic) bond motifs is 2. The first-order chi connectivity index (χ1) is 18.8. The van der Waals surface area contributed by atoms with Gasteiger partial charge in [-0.2, -0.15) is 0 Å². The fourth-order valence-corrected chi connectivity index (χ4v) is 6.94. The summed E-state index contributed by atoms with van der Waals surface area (Å²) < 4.78 is 8.31. The molecule has 204 valence electrons. The molecule has 2 bridgehead atoms. The molecule has 3 N–H and O–H groups in total. The summed E-state index contributed by atoms with van der Waals surface area (Å²) in [6.45, 7) is 3.36. The lowest BCUT2D eigenvalue weighted by atomic mass is 9.65. The van der Waals surface area contributed by atoms with Crippen LogP contribution in [0, 0.1) is 11.8 Å². The Labute approximate surface area is 225 Å². The molecule has 6 rings (SSSR count). The lowest BCUT2D eigenvalue weighted by Crippen LogP contribution is -2.57. The minimum atomic E-state index is -1.18. The molecule has 3 aliphatic rings. The molecule has 4 heterocycles. The van der Waals surface area contributed by atoms with Crippen LogP contribution in [-0.2, 0) is 25.8 Å². The molecule has 3 aromatic rings. The van der Waals surface area contributed by atoms with E-state index in [1.165, 1.54) is 4.90 Å². The van der Waals surface area contributed by atoms with Crippen molar-refractivity contribution in [3.8, 4) is 0 Å². The largest absolute Gasteiger partial charge is 0.394 e. The van der Waals surface area contributed by atoms with Crippen molar-refractivity contribution < 1.29 is 24.2 Å². The summed E-state index contributed by atoms with van der Waals surface area (Å²) in [4.78, 5) is 43.2. The number of likely N-dealkylation sites (tertiary alicyclic amines) is 1. The Hall–Kier alpha value is -3.83. The summed E-state index contributed by atoms with van der Waals surface area (Å²) in [5.41, 5.74) is 0.0633. The van der Waals surface area contributed by atoms with E-state index in [1.54, 1.807) is 23.7 Å². The maximum absolute atomic E-state index is 14.1. The molecule has 0 aliphatic carbocycles. The van der Waals surface area contributed by atoms with E-state index in [4.69, 9.17) is 4.74 Å². The van der Waals surface area contributed by atoms with Crippen LogP contribution in [0.1, 0.15) is 33.1 Å². The second-order valence-corrected chi connectivity index (χ2v) is 10.7. The summed E-state index contributed by atoms with van der Waals surface area (Å²) in [6.07, 6.45) is 1.55. The van der Waals surface area contributed by atoms with Crippen molar-refractivity contribution in [1.82, 2.24) is 25.2 Å². The lowest BCUT2D eigenvalue weighted by molar-refractivity contribution is -0.149. The number of nitrogens with zero attached hydrogens (tertiary/aromatic N) is 4. The average molecular weight is 533 g/mol. The van der Waals surface area contributed by atoms with Crippen molar-refractivity contribution >= 4 is 34.4 Å². The van der Waals surface area contributed by atoms with Gasteiger partial charge in [0.1, 0.15) is 23.8 Å². The van der Waals surface area contributed by atoms with Gasteiger partial charge in [0.05, 0.1) is 35.6 Å². The first kappa shape index (κ1) is 25.4. The molecule has 6 atom stereocenters. The van der Waals surface area contributed by atoms with Crippen molar-refractivity contribution in [2.75, 3.05) is 11.9 Å². The molecule has 0 radical (unpaired) electrons. The molecular formula is C28H32N6O5. The second-order valence-electron chi connectivity index (χ2n) is 10.7. The summed E-state index contributed by atoms with van der Waals surface area (Å²) in [5, 5.41) is 24.2. The third kappa shape index (κ3) is 3.75. The van der Waals surface area contributed by atoms with Crippen molar-refractivity contribution in [2.45, 2.75) is 63.1 Å². The van der Waals surface area contributed by atoms with Crippen molar-refractivity contribution in [3.63, 3.8) is 0 Å². The Balaban J connectivity index is 1.33. The third-order valence-corrected chi connectivity index (χ3v) is 8.75. The van der Waals surface area contributed by atoms with E-state index in [1.807, 2.05) is 49.4 Å². The molecule has 11 heteroatoms. The van der Waals surface area contributed by atoms with E-state index < -0.39 is 41.0 Å². The van der Waals surface area contributed by atoms with E-state index >= 15 is 0 Å². The van der Waals surface area contributed by atoms with Crippen LogP contribution < -0.4 is 10.6 Å². The average Bonchev–Trinajstić information content (AvgIpc) is 3.68. The topological polar surface area (TPSA) is 139 Å². The van der Waals surface area contributed by atoms with Gasteiger partial charge in [0.15, 0.2) is 0 Å². The molecule has 3 fully saturated rings. The molecule has 11 nitrogen and oxygen atoms in total. The van der Waals surface area contributed by atoms with Gasteiger partial charge in [-0.15, -0.1) is 5.10 Å². The van der Waals surface area contributed by atoms with Crippen LogP contribution in [-0.4, -0.2) is 72.6 Å². The number of aliphatic hydroxyl groups is 1. The van der Waals surface area contributed by atoms with Gasteiger partial charge in [-0.1, -0.05) is 42.5 Å². The Bertz CT molecular complexity index is 1430. The molecule has 3 saturated heterocycles. The molecule has 39 heavy (non-hydrogen) atoms. The first-order valence-corrected chi connectivity index (χ1v) is 13.4. The van der Waals surface area contributed by atoms with Gasteiger partial charge in [0, 0.05) is 5.69 Å². The van der Waals surface area contributed by atoms with E-state index in [0.717, 1.165) is 5.52 Å². The fourth-order valence-electron chi connectivity index (χ4n) is 6.94. The highest BCUT2D eigenvalue weighted by atomic mass is 16.5. The molecule has 3 aliphatic heterocycles. The quantitative estimate of drug-likeness (QED) is 0.401. The molecule has 1 aromatic heterocycles. The van der Waals surface area contributed by atoms with Crippen molar-refractivity contribution in [1.29, 1.82) is 0 Å². The van der Waals surface area contributed by atoms with Crippen LogP contribution in [0.5, 0.6) is 0 Å². The lowest BCUT2D eigenvalue weighted by Gasteiger charge is -2.36. The number of hydrogen-bond acceptors (Lipinski definition) is 7. The van der Waals surface area contributed by atoms with Gasteiger partial charge in [0.2, 0.25) is 17.7 Å². The van der Waals surface area contributed by atoms with Crippen LogP contribution >= 0.6 is 0 Å². The standard InChI is InChI=1S/C28H32N6O5/c1-3-27-13-14-28(39-27)22(21(27)24(36)30-18-9-5-4-6-10-18)26(38)34(17(2)15-35)23(28)25(37)29-16-33-20-12-8-7-11-19(20)31-32-33/h4-12,17,21-23,35H,3,13-16H2,1-2H3,(H,29,37)(H,30,36)/t17-,21-,22+,23?,27+,28?/m1/s1. The van der Waals surface area contributed by atoms with E-state index in [2.05, 4.69) is 20.9 Å². The summed E-state index contributed by atoms with van der Waals surface area (Å²) in [5.74, 6) is -2.66. The highest BCUT2D eigenvalue weighted by Crippen LogP contribution is 2.64. The maximum atomic E-state index is 14.1. The van der Waals surface area contributed by atoms with Crippen LogP contribution in [0.15, 0.2) is 54.6 Å². The normalized spacial score (nSPS) is 30.0. The number of hydrogen-bond donors (Lipinski definition) is 3.